The number of carbonyl (C=O) groups is 1. The van der Waals surface area contributed by atoms with Crippen molar-refractivity contribution in [2.45, 2.75) is 50.0 Å². The first-order chi connectivity index (χ1) is 15.1. The molecule has 8 heteroatoms. The van der Waals surface area contributed by atoms with Crippen LogP contribution in [0.2, 0.25) is 0 Å². The van der Waals surface area contributed by atoms with E-state index in [-0.39, 0.29) is 11.7 Å². The maximum Gasteiger partial charge on any atom is 0.251 e. The molecule has 1 aromatic heterocycles. The van der Waals surface area contributed by atoms with Crippen molar-refractivity contribution in [2.75, 3.05) is 11.1 Å². The summed E-state index contributed by atoms with van der Waals surface area (Å²) in [5.41, 5.74) is 2.84. The molecule has 5 rings (SSSR count). The average molecular weight is 437 g/mol. The van der Waals surface area contributed by atoms with Crippen molar-refractivity contribution in [1.29, 1.82) is 0 Å². The number of amides is 1. The van der Waals surface area contributed by atoms with E-state index in [1.165, 1.54) is 23.7 Å². The Balaban J connectivity index is 1.17. The molecular weight excluding hydrogens is 412 g/mol. The quantitative estimate of drug-likeness (QED) is 0.551. The number of H-pyrrole nitrogens is 1. The van der Waals surface area contributed by atoms with Crippen LogP contribution in [0, 0.1) is 6.92 Å². The van der Waals surface area contributed by atoms with E-state index in [0.717, 1.165) is 37.0 Å². The zero-order valence-electron chi connectivity index (χ0n) is 17.3. The van der Waals surface area contributed by atoms with Gasteiger partial charge in [-0.1, -0.05) is 48.0 Å². The summed E-state index contributed by atoms with van der Waals surface area (Å²) in [7, 11) is 0. The van der Waals surface area contributed by atoms with Gasteiger partial charge >= 0.3 is 0 Å². The van der Waals surface area contributed by atoms with Gasteiger partial charge in [-0.25, -0.2) is 4.98 Å². The molecule has 0 unspecified atom stereocenters. The normalized spacial score (nSPS) is 16.4. The van der Waals surface area contributed by atoms with Gasteiger partial charge in [0.15, 0.2) is 17.3 Å². The van der Waals surface area contributed by atoms with Crippen molar-refractivity contribution in [3.63, 3.8) is 0 Å². The molecule has 1 fully saturated rings. The summed E-state index contributed by atoms with van der Waals surface area (Å²) in [6.07, 6.45) is 5.26. The van der Waals surface area contributed by atoms with Crippen molar-refractivity contribution in [1.82, 2.24) is 15.2 Å². The first-order valence-electron chi connectivity index (χ1n) is 10.5. The van der Waals surface area contributed by atoms with Crippen LogP contribution in [0.3, 0.4) is 0 Å². The Bertz CT molecular complexity index is 1090. The minimum Gasteiger partial charge on any atom is -0.448 e. The molecule has 1 spiro atoms. The molecule has 1 aliphatic carbocycles. The number of nitrogens with one attached hydrogen (secondary N) is 2. The molecule has 2 aliphatic rings. The minimum atomic E-state index is -0.514. The van der Waals surface area contributed by atoms with Gasteiger partial charge in [0.25, 0.3) is 5.79 Å². The molecule has 0 atom stereocenters. The second kappa shape index (κ2) is 8.26. The third kappa shape index (κ3) is 4.39. The van der Waals surface area contributed by atoms with Crippen molar-refractivity contribution in [2.24, 2.45) is 0 Å². The molecular formula is C23H24N4O3S. The topological polar surface area (TPSA) is 89.1 Å². The second-order valence-electron chi connectivity index (χ2n) is 8.01. The molecule has 1 amide bonds. The Morgan fingerprint density at radius 1 is 1.10 bits per heavy atom. The van der Waals surface area contributed by atoms with Gasteiger partial charge in [0.05, 0.1) is 5.75 Å². The zero-order valence-corrected chi connectivity index (χ0v) is 18.1. The highest BCUT2D eigenvalue weighted by atomic mass is 32.2. The SMILES string of the molecule is Cc1ccc(-c2nc(SCC(=O)Nc3ccc4c(c3)OC3(CCCCC3)O4)n[nH]2)cc1. The lowest BCUT2D eigenvalue weighted by Gasteiger charge is -2.31. The summed E-state index contributed by atoms with van der Waals surface area (Å²) in [6.45, 7) is 2.04. The van der Waals surface area contributed by atoms with Crippen molar-refractivity contribution in [3.8, 4) is 22.9 Å². The maximum atomic E-state index is 12.4. The van der Waals surface area contributed by atoms with E-state index in [0.29, 0.717) is 22.4 Å². The fraction of sp³-hybridized carbons (Fsp3) is 0.348. The Hall–Kier alpha value is -3.00. The van der Waals surface area contributed by atoms with E-state index in [4.69, 9.17) is 9.47 Å². The lowest BCUT2D eigenvalue weighted by molar-refractivity contribution is -0.113. The summed E-state index contributed by atoms with van der Waals surface area (Å²) in [5.74, 6) is 1.71. The molecule has 3 aromatic rings. The average Bonchev–Trinajstić information content (AvgIpc) is 3.37. The number of fused-ring (bicyclic) bond motifs is 1. The van der Waals surface area contributed by atoms with Crippen LogP contribution in [0.1, 0.15) is 37.7 Å². The number of thioether (sulfide) groups is 1. The molecule has 0 bridgehead atoms. The third-order valence-electron chi connectivity index (χ3n) is 5.56. The lowest BCUT2D eigenvalue weighted by Crippen LogP contribution is -2.40. The predicted octanol–water partition coefficient (Wildman–Crippen LogP) is 4.94. The number of nitrogens with zero attached hydrogens (tertiary/aromatic N) is 2. The highest BCUT2D eigenvalue weighted by molar-refractivity contribution is 7.99. The van der Waals surface area contributed by atoms with E-state index < -0.39 is 5.79 Å². The molecule has 2 aromatic carbocycles. The monoisotopic (exact) mass is 436 g/mol. The van der Waals surface area contributed by atoms with Crippen LogP contribution < -0.4 is 14.8 Å². The van der Waals surface area contributed by atoms with Gasteiger partial charge < -0.3 is 14.8 Å². The van der Waals surface area contributed by atoms with Crippen LogP contribution in [-0.4, -0.2) is 32.6 Å². The number of aromatic nitrogens is 3. The number of aromatic amines is 1. The lowest BCUT2D eigenvalue weighted by atomic mass is 9.94. The van der Waals surface area contributed by atoms with Gasteiger partial charge in [0, 0.05) is 30.2 Å². The standard InChI is InChI=1S/C23H24N4O3S/c1-15-5-7-16(8-6-15)21-25-22(27-26-21)31-14-20(28)24-17-9-10-18-19(13-17)30-23(29-18)11-3-2-4-12-23/h5-10,13H,2-4,11-12,14H2,1H3,(H,24,28)(H,25,26,27). The number of ether oxygens (including phenoxy) is 2. The molecule has 7 nitrogen and oxygen atoms in total. The first kappa shape index (κ1) is 19.9. The van der Waals surface area contributed by atoms with E-state index in [2.05, 4.69) is 20.5 Å². The number of hydrogen-bond acceptors (Lipinski definition) is 6. The van der Waals surface area contributed by atoms with Gasteiger partial charge in [0.1, 0.15) is 0 Å². The summed E-state index contributed by atoms with van der Waals surface area (Å²) < 4.78 is 12.2. The molecule has 1 aliphatic heterocycles. The highest BCUT2D eigenvalue weighted by Crippen LogP contribution is 2.46. The number of aryl methyl sites for hydroxylation is 1. The maximum absolute atomic E-state index is 12.4. The number of carbonyl (C=O) groups excluding carboxylic acids is 1. The fourth-order valence-corrected chi connectivity index (χ4v) is 4.54. The Kier molecular flexibility index (Phi) is 5.31. The number of rotatable bonds is 5. The molecule has 2 heterocycles. The Morgan fingerprint density at radius 2 is 1.87 bits per heavy atom. The molecule has 0 saturated heterocycles. The van der Waals surface area contributed by atoms with Gasteiger partial charge in [-0.2, -0.15) is 0 Å². The number of benzene rings is 2. The first-order valence-corrected chi connectivity index (χ1v) is 11.5. The van der Waals surface area contributed by atoms with Crippen LogP contribution in [0.25, 0.3) is 11.4 Å². The number of hydrogen-bond donors (Lipinski definition) is 2. The number of anilines is 1. The largest absolute Gasteiger partial charge is 0.448 e. The molecule has 31 heavy (non-hydrogen) atoms. The summed E-state index contributed by atoms with van der Waals surface area (Å²) in [6, 6.07) is 13.6. The fourth-order valence-electron chi connectivity index (χ4n) is 3.94. The minimum absolute atomic E-state index is 0.127. The molecule has 0 radical (unpaired) electrons. The summed E-state index contributed by atoms with van der Waals surface area (Å²) >= 11 is 1.29. The van der Waals surface area contributed by atoms with Gasteiger partial charge in [-0.05, 0) is 31.9 Å². The van der Waals surface area contributed by atoms with Gasteiger partial charge in [0.2, 0.25) is 11.1 Å². The Morgan fingerprint density at radius 3 is 2.68 bits per heavy atom. The predicted molar refractivity (Wildman–Crippen MR) is 119 cm³/mol. The van der Waals surface area contributed by atoms with E-state index in [1.54, 1.807) is 0 Å². The van der Waals surface area contributed by atoms with Crippen molar-refractivity contribution >= 4 is 23.4 Å². The van der Waals surface area contributed by atoms with Crippen molar-refractivity contribution in [3.05, 3.63) is 48.0 Å². The second-order valence-corrected chi connectivity index (χ2v) is 8.95. The van der Waals surface area contributed by atoms with Crippen LogP contribution in [0.5, 0.6) is 11.5 Å². The molecule has 2 N–H and O–H groups in total. The van der Waals surface area contributed by atoms with Crippen molar-refractivity contribution < 1.29 is 14.3 Å². The molecule has 1 saturated carbocycles. The van der Waals surface area contributed by atoms with Gasteiger partial charge in [-0.15, -0.1) is 5.10 Å². The van der Waals surface area contributed by atoms with Crippen LogP contribution in [-0.2, 0) is 4.79 Å². The third-order valence-corrected chi connectivity index (χ3v) is 6.40. The van der Waals surface area contributed by atoms with E-state index in [1.807, 2.05) is 49.4 Å². The Labute approximate surface area is 184 Å². The summed E-state index contributed by atoms with van der Waals surface area (Å²) in [5, 5.41) is 10.6. The van der Waals surface area contributed by atoms with E-state index >= 15 is 0 Å². The molecule has 160 valence electrons. The van der Waals surface area contributed by atoms with Crippen LogP contribution in [0.4, 0.5) is 5.69 Å². The summed E-state index contributed by atoms with van der Waals surface area (Å²) in [4.78, 5) is 16.9. The zero-order chi connectivity index (χ0) is 21.3. The van der Waals surface area contributed by atoms with Crippen LogP contribution >= 0.6 is 11.8 Å². The van der Waals surface area contributed by atoms with E-state index in [9.17, 15) is 4.79 Å². The highest BCUT2D eigenvalue weighted by Gasteiger charge is 2.42. The van der Waals surface area contributed by atoms with Crippen LogP contribution in [0.15, 0.2) is 47.6 Å². The van der Waals surface area contributed by atoms with Gasteiger partial charge in [-0.3, -0.25) is 9.89 Å². The smallest absolute Gasteiger partial charge is 0.251 e.